The van der Waals surface area contributed by atoms with Gasteiger partial charge in [-0.2, -0.15) is 0 Å². The summed E-state index contributed by atoms with van der Waals surface area (Å²) < 4.78 is 10.8. The van der Waals surface area contributed by atoms with Crippen LogP contribution in [0, 0.1) is 17.8 Å². The Balaban J connectivity index is 1.35. The maximum atomic E-state index is 13.3. The summed E-state index contributed by atoms with van der Waals surface area (Å²) in [5.41, 5.74) is -0.0369. The van der Waals surface area contributed by atoms with E-state index in [4.69, 9.17) is 9.15 Å². The molecule has 4 fully saturated rings. The standard InChI is InChI=1S/C22H25N3O4/c26-20(14-29-21(27)19-12-23-3-4-24-19)25(13-18-2-1-5-28-18)22-9-15-6-16(10-22)8-17(7-15)11-22/h1-5,12,15-17H,6-11,13-14H2. The number of carbonyl (C=O) groups excluding carboxylic acids is 2. The molecule has 29 heavy (non-hydrogen) atoms. The zero-order valence-electron chi connectivity index (χ0n) is 16.3. The fourth-order valence-corrected chi connectivity index (χ4v) is 6.16. The molecule has 0 aliphatic heterocycles. The van der Waals surface area contributed by atoms with Gasteiger partial charge in [-0.1, -0.05) is 0 Å². The number of amides is 1. The van der Waals surface area contributed by atoms with Gasteiger partial charge >= 0.3 is 5.97 Å². The van der Waals surface area contributed by atoms with Gasteiger partial charge in [-0.25, -0.2) is 9.78 Å². The summed E-state index contributed by atoms with van der Waals surface area (Å²) in [7, 11) is 0. The van der Waals surface area contributed by atoms with Crippen molar-refractivity contribution in [2.24, 2.45) is 17.8 Å². The summed E-state index contributed by atoms with van der Waals surface area (Å²) in [5.74, 6) is 2.07. The second-order valence-electron chi connectivity index (χ2n) is 8.87. The van der Waals surface area contributed by atoms with E-state index in [0.29, 0.717) is 24.3 Å². The van der Waals surface area contributed by atoms with Crippen LogP contribution in [-0.2, 0) is 16.1 Å². The second kappa shape index (κ2) is 7.28. The number of carbonyl (C=O) groups is 2. The molecule has 2 heterocycles. The number of furan rings is 1. The first-order chi connectivity index (χ1) is 14.1. The average molecular weight is 395 g/mol. The largest absolute Gasteiger partial charge is 0.467 e. The summed E-state index contributed by atoms with van der Waals surface area (Å²) in [6, 6.07) is 3.73. The highest BCUT2D eigenvalue weighted by atomic mass is 16.5. The van der Waals surface area contributed by atoms with E-state index in [1.807, 2.05) is 17.0 Å². The minimum atomic E-state index is -0.630. The molecule has 0 aromatic carbocycles. The van der Waals surface area contributed by atoms with Crippen LogP contribution in [0.25, 0.3) is 0 Å². The molecule has 0 atom stereocenters. The van der Waals surface area contributed by atoms with Crippen LogP contribution >= 0.6 is 0 Å². The molecule has 6 rings (SSSR count). The molecule has 4 aliphatic rings. The number of aromatic nitrogens is 2. The molecule has 0 unspecified atom stereocenters. The second-order valence-corrected chi connectivity index (χ2v) is 8.87. The van der Waals surface area contributed by atoms with Crippen molar-refractivity contribution in [1.82, 2.24) is 14.9 Å². The Kier molecular flexibility index (Phi) is 4.60. The summed E-state index contributed by atoms with van der Waals surface area (Å²) >= 11 is 0. The van der Waals surface area contributed by atoms with E-state index < -0.39 is 5.97 Å². The molecular formula is C22H25N3O4. The molecule has 0 saturated heterocycles. The molecule has 152 valence electrons. The Labute approximate surface area is 169 Å². The van der Waals surface area contributed by atoms with Crippen LogP contribution in [0.3, 0.4) is 0 Å². The highest BCUT2D eigenvalue weighted by Gasteiger charge is 2.54. The quantitative estimate of drug-likeness (QED) is 0.698. The third kappa shape index (κ3) is 3.54. The Morgan fingerprint density at radius 3 is 2.45 bits per heavy atom. The van der Waals surface area contributed by atoms with Gasteiger partial charge in [0, 0.05) is 17.9 Å². The predicted octanol–water partition coefficient (Wildman–Crippen LogP) is 3.22. The van der Waals surface area contributed by atoms with Crippen LogP contribution in [0.1, 0.15) is 54.8 Å². The van der Waals surface area contributed by atoms with E-state index in [-0.39, 0.29) is 23.7 Å². The summed E-state index contributed by atoms with van der Waals surface area (Å²) in [5, 5.41) is 0. The third-order valence-electron chi connectivity index (χ3n) is 6.87. The van der Waals surface area contributed by atoms with Crippen molar-refractivity contribution >= 4 is 11.9 Å². The zero-order chi connectivity index (χ0) is 19.8. The van der Waals surface area contributed by atoms with Crippen molar-refractivity contribution in [2.75, 3.05) is 6.61 Å². The lowest BCUT2D eigenvalue weighted by molar-refractivity contribution is -0.156. The van der Waals surface area contributed by atoms with Gasteiger partial charge in [-0.05, 0) is 68.4 Å². The molecule has 2 aromatic rings. The molecule has 0 N–H and O–H groups in total. The number of hydrogen-bond acceptors (Lipinski definition) is 6. The van der Waals surface area contributed by atoms with Gasteiger partial charge in [0.15, 0.2) is 12.3 Å². The van der Waals surface area contributed by atoms with Crippen LogP contribution in [0.4, 0.5) is 0 Å². The van der Waals surface area contributed by atoms with Crippen molar-refractivity contribution in [3.8, 4) is 0 Å². The van der Waals surface area contributed by atoms with Crippen molar-refractivity contribution in [3.63, 3.8) is 0 Å². The van der Waals surface area contributed by atoms with Gasteiger partial charge in [0.05, 0.1) is 19.0 Å². The number of esters is 1. The van der Waals surface area contributed by atoms with Gasteiger partial charge in [-0.3, -0.25) is 9.78 Å². The molecule has 4 aliphatic carbocycles. The van der Waals surface area contributed by atoms with Crippen LogP contribution in [0.5, 0.6) is 0 Å². The lowest BCUT2D eigenvalue weighted by Crippen LogP contribution is -2.61. The van der Waals surface area contributed by atoms with Crippen molar-refractivity contribution in [3.05, 3.63) is 48.4 Å². The Hall–Kier alpha value is -2.70. The highest BCUT2D eigenvalue weighted by molar-refractivity contribution is 5.89. The number of ether oxygens (including phenoxy) is 1. The van der Waals surface area contributed by atoms with Crippen molar-refractivity contribution < 1.29 is 18.7 Å². The molecule has 4 bridgehead atoms. The van der Waals surface area contributed by atoms with E-state index in [1.165, 1.54) is 37.9 Å². The van der Waals surface area contributed by atoms with Crippen LogP contribution in [0.15, 0.2) is 41.4 Å². The first-order valence-electron chi connectivity index (χ1n) is 10.4. The minimum absolute atomic E-state index is 0.104. The maximum absolute atomic E-state index is 13.3. The molecule has 2 aromatic heterocycles. The molecular weight excluding hydrogens is 370 g/mol. The smallest absolute Gasteiger partial charge is 0.359 e. The Morgan fingerprint density at radius 1 is 1.14 bits per heavy atom. The Bertz CT molecular complexity index is 845. The highest BCUT2D eigenvalue weighted by Crippen LogP contribution is 2.58. The Morgan fingerprint density at radius 2 is 1.86 bits per heavy atom. The maximum Gasteiger partial charge on any atom is 0.359 e. The van der Waals surface area contributed by atoms with Gasteiger partial charge < -0.3 is 14.1 Å². The van der Waals surface area contributed by atoms with E-state index in [9.17, 15) is 9.59 Å². The van der Waals surface area contributed by atoms with Crippen molar-refractivity contribution in [2.45, 2.75) is 50.6 Å². The molecule has 4 saturated carbocycles. The molecule has 1 amide bonds. The van der Waals surface area contributed by atoms with E-state index in [2.05, 4.69) is 9.97 Å². The number of hydrogen-bond donors (Lipinski definition) is 0. The minimum Gasteiger partial charge on any atom is -0.467 e. The lowest BCUT2D eigenvalue weighted by Gasteiger charge is -2.60. The van der Waals surface area contributed by atoms with Crippen molar-refractivity contribution in [1.29, 1.82) is 0 Å². The zero-order valence-corrected chi connectivity index (χ0v) is 16.3. The molecule has 7 nitrogen and oxygen atoms in total. The fraction of sp³-hybridized carbons (Fsp3) is 0.545. The van der Waals surface area contributed by atoms with Crippen LogP contribution in [-0.4, -0.2) is 38.9 Å². The fourth-order valence-electron chi connectivity index (χ4n) is 6.16. The molecule has 0 radical (unpaired) electrons. The van der Waals surface area contributed by atoms with Crippen LogP contribution < -0.4 is 0 Å². The van der Waals surface area contributed by atoms with Gasteiger partial charge in [-0.15, -0.1) is 0 Å². The first kappa shape index (κ1) is 18.3. The normalized spacial score (nSPS) is 29.6. The van der Waals surface area contributed by atoms with E-state index in [0.717, 1.165) is 25.0 Å². The lowest BCUT2D eigenvalue weighted by atomic mass is 9.52. The summed E-state index contributed by atoms with van der Waals surface area (Å²) in [6.07, 6.45) is 12.9. The number of rotatable bonds is 6. The molecule has 7 heteroatoms. The topological polar surface area (TPSA) is 85.5 Å². The van der Waals surface area contributed by atoms with Gasteiger partial charge in [0.2, 0.25) is 0 Å². The number of nitrogens with zero attached hydrogens (tertiary/aromatic N) is 3. The van der Waals surface area contributed by atoms with E-state index >= 15 is 0 Å². The first-order valence-corrected chi connectivity index (χ1v) is 10.4. The van der Waals surface area contributed by atoms with Crippen LogP contribution in [0.2, 0.25) is 0 Å². The van der Waals surface area contributed by atoms with Gasteiger partial charge in [0.1, 0.15) is 5.76 Å². The van der Waals surface area contributed by atoms with E-state index in [1.54, 1.807) is 6.26 Å². The van der Waals surface area contributed by atoms with Gasteiger partial charge in [0.25, 0.3) is 5.91 Å². The predicted molar refractivity (Wildman–Crippen MR) is 102 cm³/mol. The summed E-state index contributed by atoms with van der Waals surface area (Å²) in [6.45, 7) is 0.124. The molecule has 0 spiro atoms. The average Bonchev–Trinajstić information content (AvgIpc) is 3.23. The monoisotopic (exact) mass is 395 g/mol. The SMILES string of the molecule is O=C(OCC(=O)N(Cc1ccco1)C12CC3CC(CC(C3)C1)C2)c1cnccn1. The third-order valence-corrected chi connectivity index (χ3v) is 6.87. The summed E-state index contributed by atoms with van der Waals surface area (Å²) in [4.78, 5) is 35.3.